The van der Waals surface area contributed by atoms with Crippen LogP contribution in [0.5, 0.6) is 0 Å². The van der Waals surface area contributed by atoms with Gasteiger partial charge in [-0.05, 0) is 23.8 Å². The molecule has 80 valence electrons. The highest BCUT2D eigenvalue weighted by molar-refractivity contribution is 5.99. The van der Waals surface area contributed by atoms with Crippen molar-refractivity contribution in [2.45, 2.75) is 0 Å². The second-order valence-corrected chi connectivity index (χ2v) is 3.41. The lowest BCUT2D eigenvalue weighted by Crippen LogP contribution is -2.13. The highest BCUT2D eigenvalue weighted by atomic mass is 16.1. The lowest BCUT2D eigenvalue weighted by molar-refractivity contribution is 0.100. The third-order valence-electron chi connectivity index (χ3n) is 2.31. The average Bonchev–Trinajstić information content (AvgIpc) is 2.30. The van der Waals surface area contributed by atoms with Crippen molar-refractivity contribution >= 4 is 11.6 Å². The summed E-state index contributed by atoms with van der Waals surface area (Å²) in [6.45, 7) is 0. The predicted octanol–water partition coefficient (Wildman–Crippen LogP) is 1.43. The molecule has 0 aliphatic rings. The van der Waals surface area contributed by atoms with Crippen LogP contribution in [0.1, 0.15) is 10.4 Å². The van der Waals surface area contributed by atoms with Gasteiger partial charge in [-0.3, -0.25) is 9.78 Å². The van der Waals surface area contributed by atoms with Crippen LogP contribution in [0.15, 0.2) is 42.7 Å². The Balaban J connectivity index is 2.52. The largest absolute Gasteiger partial charge is 0.398 e. The summed E-state index contributed by atoms with van der Waals surface area (Å²) in [6, 6.07) is 8.91. The first-order valence-electron chi connectivity index (χ1n) is 4.78. The number of nitrogens with two attached hydrogens (primary N) is 2. The molecule has 0 bridgehead atoms. The molecule has 0 saturated carbocycles. The first kappa shape index (κ1) is 10.2. The van der Waals surface area contributed by atoms with Crippen LogP contribution in [-0.2, 0) is 0 Å². The number of primary amides is 1. The molecule has 4 heteroatoms. The van der Waals surface area contributed by atoms with Gasteiger partial charge in [0.1, 0.15) is 0 Å². The molecular formula is C12H11N3O. The molecule has 0 spiro atoms. The zero-order valence-electron chi connectivity index (χ0n) is 8.55. The van der Waals surface area contributed by atoms with Crippen LogP contribution in [0.4, 0.5) is 5.69 Å². The number of aromatic nitrogens is 1. The molecule has 1 heterocycles. The molecule has 2 rings (SSSR count). The fourth-order valence-electron chi connectivity index (χ4n) is 1.48. The Morgan fingerprint density at radius 3 is 2.62 bits per heavy atom. The molecule has 0 aliphatic carbocycles. The second kappa shape index (κ2) is 4.02. The Hall–Kier alpha value is -2.36. The van der Waals surface area contributed by atoms with E-state index < -0.39 is 5.91 Å². The molecule has 16 heavy (non-hydrogen) atoms. The lowest BCUT2D eigenvalue weighted by atomic mass is 10.0. The number of anilines is 1. The van der Waals surface area contributed by atoms with Gasteiger partial charge in [-0.1, -0.05) is 12.1 Å². The molecule has 0 aliphatic heterocycles. The predicted molar refractivity (Wildman–Crippen MR) is 62.6 cm³/mol. The molecular weight excluding hydrogens is 202 g/mol. The molecule has 0 unspecified atom stereocenters. The molecule has 0 radical (unpaired) electrons. The Kier molecular flexibility index (Phi) is 2.55. The molecule has 0 saturated heterocycles. The maximum Gasteiger partial charge on any atom is 0.250 e. The molecule has 1 amide bonds. The van der Waals surface area contributed by atoms with Gasteiger partial charge in [-0.15, -0.1) is 0 Å². The van der Waals surface area contributed by atoms with Crippen LogP contribution in [0.2, 0.25) is 0 Å². The topological polar surface area (TPSA) is 82.0 Å². The van der Waals surface area contributed by atoms with E-state index in [1.807, 2.05) is 18.2 Å². The molecule has 1 aromatic heterocycles. The van der Waals surface area contributed by atoms with Gasteiger partial charge in [0.05, 0.1) is 5.56 Å². The Bertz CT molecular complexity index is 523. The van der Waals surface area contributed by atoms with Crippen molar-refractivity contribution in [1.82, 2.24) is 4.98 Å². The van der Waals surface area contributed by atoms with Crippen LogP contribution in [0.3, 0.4) is 0 Å². The number of carbonyl (C=O) groups is 1. The normalized spacial score (nSPS) is 10.0. The van der Waals surface area contributed by atoms with E-state index in [2.05, 4.69) is 4.98 Å². The summed E-state index contributed by atoms with van der Waals surface area (Å²) in [7, 11) is 0. The number of carbonyl (C=O) groups excluding carboxylic acids is 1. The molecule has 4 N–H and O–H groups in total. The number of amides is 1. The summed E-state index contributed by atoms with van der Waals surface area (Å²) in [6.07, 6.45) is 3.41. The van der Waals surface area contributed by atoms with Crippen molar-refractivity contribution in [3.63, 3.8) is 0 Å². The summed E-state index contributed by atoms with van der Waals surface area (Å²) in [5, 5.41) is 0. The number of nitrogen functional groups attached to an aromatic ring is 1. The number of rotatable bonds is 2. The fraction of sp³-hybridized carbons (Fsp3) is 0. The van der Waals surface area contributed by atoms with Gasteiger partial charge in [-0.2, -0.15) is 0 Å². The monoisotopic (exact) mass is 213 g/mol. The summed E-state index contributed by atoms with van der Waals surface area (Å²) < 4.78 is 0. The van der Waals surface area contributed by atoms with E-state index >= 15 is 0 Å². The Morgan fingerprint density at radius 2 is 2.00 bits per heavy atom. The van der Waals surface area contributed by atoms with E-state index in [4.69, 9.17) is 11.5 Å². The third kappa shape index (κ3) is 1.86. The van der Waals surface area contributed by atoms with Gasteiger partial charge >= 0.3 is 0 Å². The van der Waals surface area contributed by atoms with E-state index in [0.717, 1.165) is 11.1 Å². The third-order valence-corrected chi connectivity index (χ3v) is 2.31. The van der Waals surface area contributed by atoms with Crippen molar-refractivity contribution in [2.75, 3.05) is 5.73 Å². The first-order chi connectivity index (χ1) is 7.68. The molecule has 0 atom stereocenters. The molecule has 0 fully saturated rings. The summed E-state index contributed by atoms with van der Waals surface area (Å²) >= 11 is 0. The SMILES string of the molecule is NC(=O)c1cc(-c2cccnc2)ccc1N. The van der Waals surface area contributed by atoms with Gasteiger partial charge in [-0.25, -0.2) is 0 Å². The minimum atomic E-state index is -0.525. The van der Waals surface area contributed by atoms with E-state index in [0.29, 0.717) is 11.3 Å². The molecule has 4 nitrogen and oxygen atoms in total. The van der Waals surface area contributed by atoms with Crippen molar-refractivity contribution in [3.05, 3.63) is 48.3 Å². The number of hydrogen-bond acceptors (Lipinski definition) is 3. The van der Waals surface area contributed by atoms with E-state index in [9.17, 15) is 4.79 Å². The maximum atomic E-state index is 11.1. The Labute approximate surface area is 92.9 Å². The highest BCUT2D eigenvalue weighted by Crippen LogP contribution is 2.22. The van der Waals surface area contributed by atoms with E-state index in [1.165, 1.54) is 0 Å². The zero-order valence-corrected chi connectivity index (χ0v) is 8.55. The smallest absolute Gasteiger partial charge is 0.250 e. The summed E-state index contributed by atoms with van der Waals surface area (Å²) in [5.74, 6) is -0.525. The van der Waals surface area contributed by atoms with Crippen LogP contribution >= 0.6 is 0 Å². The van der Waals surface area contributed by atoms with E-state index in [1.54, 1.807) is 24.5 Å². The van der Waals surface area contributed by atoms with Crippen molar-refractivity contribution in [2.24, 2.45) is 5.73 Å². The zero-order chi connectivity index (χ0) is 11.5. The lowest BCUT2D eigenvalue weighted by Gasteiger charge is -2.05. The van der Waals surface area contributed by atoms with Crippen molar-refractivity contribution in [1.29, 1.82) is 0 Å². The van der Waals surface area contributed by atoms with Gasteiger partial charge < -0.3 is 11.5 Å². The number of pyridine rings is 1. The van der Waals surface area contributed by atoms with E-state index in [-0.39, 0.29) is 0 Å². The molecule has 1 aromatic carbocycles. The van der Waals surface area contributed by atoms with Gasteiger partial charge in [0.25, 0.3) is 5.91 Å². The number of hydrogen-bond donors (Lipinski definition) is 2. The van der Waals surface area contributed by atoms with Gasteiger partial charge in [0.15, 0.2) is 0 Å². The van der Waals surface area contributed by atoms with Crippen LogP contribution < -0.4 is 11.5 Å². The van der Waals surface area contributed by atoms with Gasteiger partial charge in [0, 0.05) is 23.6 Å². The van der Waals surface area contributed by atoms with Crippen molar-refractivity contribution < 1.29 is 4.79 Å². The van der Waals surface area contributed by atoms with Crippen LogP contribution in [-0.4, -0.2) is 10.9 Å². The minimum absolute atomic E-state index is 0.335. The Morgan fingerprint density at radius 1 is 1.19 bits per heavy atom. The van der Waals surface area contributed by atoms with Crippen LogP contribution in [0, 0.1) is 0 Å². The molecule has 2 aromatic rings. The quantitative estimate of drug-likeness (QED) is 0.740. The van der Waals surface area contributed by atoms with Gasteiger partial charge in [0.2, 0.25) is 0 Å². The second-order valence-electron chi connectivity index (χ2n) is 3.41. The number of nitrogens with zero attached hydrogens (tertiary/aromatic N) is 1. The first-order valence-corrected chi connectivity index (χ1v) is 4.78. The summed E-state index contributed by atoms with van der Waals surface area (Å²) in [5.41, 5.74) is 13.4. The number of benzene rings is 1. The maximum absolute atomic E-state index is 11.1. The standard InChI is InChI=1S/C12H11N3O/c13-11-4-3-8(6-10(11)12(14)16)9-2-1-5-15-7-9/h1-7H,13H2,(H2,14,16). The minimum Gasteiger partial charge on any atom is -0.398 e. The highest BCUT2D eigenvalue weighted by Gasteiger charge is 2.07. The fourth-order valence-corrected chi connectivity index (χ4v) is 1.48. The average molecular weight is 213 g/mol. The summed E-state index contributed by atoms with van der Waals surface area (Å²) in [4.78, 5) is 15.1. The van der Waals surface area contributed by atoms with Crippen molar-refractivity contribution in [3.8, 4) is 11.1 Å². The van der Waals surface area contributed by atoms with Crippen LogP contribution in [0.25, 0.3) is 11.1 Å².